The molecule has 2 bridgehead atoms. The van der Waals surface area contributed by atoms with Crippen LogP contribution in [0, 0.1) is 0 Å². The molecule has 0 N–H and O–H groups in total. The van der Waals surface area contributed by atoms with Crippen molar-refractivity contribution >= 4 is 29.3 Å². The van der Waals surface area contributed by atoms with E-state index < -0.39 is 0 Å². The Balaban J connectivity index is 1.91. The van der Waals surface area contributed by atoms with Gasteiger partial charge in [-0.15, -0.1) is 0 Å². The van der Waals surface area contributed by atoms with E-state index in [9.17, 15) is 9.59 Å². The largest absolute Gasteiger partial charge is 0.290 e. The zero-order valence-corrected chi connectivity index (χ0v) is 12.5. The summed E-state index contributed by atoms with van der Waals surface area (Å²) >= 11 is 0. The molecule has 0 aliphatic heterocycles. The number of hydrogen-bond acceptors (Lipinski definition) is 2. The summed E-state index contributed by atoms with van der Waals surface area (Å²) in [6.45, 7) is 0. The van der Waals surface area contributed by atoms with Gasteiger partial charge in [0.2, 0.25) is 0 Å². The number of allylic oxidation sites excluding steroid dienone is 9. The van der Waals surface area contributed by atoms with E-state index in [0.29, 0.717) is 0 Å². The summed E-state index contributed by atoms with van der Waals surface area (Å²) in [5.74, 6) is 0.0665. The molecular formula is C21H14O2. The quantitative estimate of drug-likeness (QED) is 0.735. The molecule has 1 aromatic carbocycles. The second-order valence-electron chi connectivity index (χ2n) is 5.86. The lowest BCUT2D eigenvalue weighted by Gasteiger charge is -2.03. The summed E-state index contributed by atoms with van der Waals surface area (Å²) in [6, 6.07) is 6.11. The highest BCUT2D eigenvalue weighted by Gasteiger charge is 2.09. The van der Waals surface area contributed by atoms with Crippen molar-refractivity contribution in [1.29, 1.82) is 0 Å². The molecule has 0 saturated heterocycles. The van der Waals surface area contributed by atoms with Crippen molar-refractivity contribution in [2.24, 2.45) is 0 Å². The fraction of sp³-hybridized carbons (Fsp3) is 0.0476. The molecule has 4 rings (SSSR count). The fourth-order valence-electron chi connectivity index (χ4n) is 3.00. The Kier molecular flexibility index (Phi) is 3.16. The van der Waals surface area contributed by atoms with Crippen molar-refractivity contribution in [3.8, 4) is 0 Å². The third kappa shape index (κ3) is 2.71. The molecule has 0 fully saturated rings. The van der Waals surface area contributed by atoms with E-state index in [-0.39, 0.29) is 11.6 Å². The Morgan fingerprint density at radius 1 is 0.696 bits per heavy atom. The van der Waals surface area contributed by atoms with E-state index in [1.807, 2.05) is 30.4 Å². The first-order valence-electron chi connectivity index (χ1n) is 7.57. The van der Waals surface area contributed by atoms with Crippen LogP contribution in [0.15, 0.2) is 71.9 Å². The fourth-order valence-corrected chi connectivity index (χ4v) is 3.00. The van der Waals surface area contributed by atoms with Crippen molar-refractivity contribution < 1.29 is 9.59 Å². The number of rotatable bonds is 0. The van der Waals surface area contributed by atoms with Crippen LogP contribution in [-0.4, -0.2) is 11.6 Å². The molecule has 0 unspecified atom stereocenters. The number of benzene rings is 1. The molecule has 3 aliphatic rings. The van der Waals surface area contributed by atoms with Crippen LogP contribution >= 0.6 is 0 Å². The highest BCUT2D eigenvalue weighted by atomic mass is 16.1. The summed E-state index contributed by atoms with van der Waals surface area (Å²) in [7, 11) is 0. The highest BCUT2D eigenvalue weighted by molar-refractivity contribution is 6.16. The SMILES string of the molecule is O=C1C=CC2=C/C(=c3\ccc4c(c3)C=CC(=O)C=4)C=CC(=C1)C2. The van der Waals surface area contributed by atoms with E-state index in [1.165, 1.54) is 0 Å². The van der Waals surface area contributed by atoms with Gasteiger partial charge in [-0.05, 0) is 69.5 Å². The lowest BCUT2D eigenvalue weighted by molar-refractivity contribution is -0.110. The van der Waals surface area contributed by atoms with E-state index in [1.54, 1.807) is 24.3 Å². The molecule has 1 aromatic rings. The summed E-state index contributed by atoms with van der Waals surface area (Å²) < 4.78 is 0. The Morgan fingerprint density at radius 2 is 1.43 bits per heavy atom. The van der Waals surface area contributed by atoms with Gasteiger partial charge in [-0.1, -0.05) is 42.5 Å². The average Bonchev–Trinajstić information content (AvgIpc) is 2.85. The zero-order chi connectivity index (χ0) is 15.8. The van der Waals surface area contributed by atoms with Crippen LogP contribution in [0.25, 0.3) is 17.7 Å². The van der Waals surface area contributed by atoms with Gasteiger partial charge >= 0.3 is 0 Å². The van der Waals surface area contributed by atoms with Crippen LogP contribution in [0.2, 0.25) is 0 Å². The zero-order valence-electron chi connectivity index (χ0n) is 12.5. The van der Waals surface area contributed by atoms with Crippen molar-refractivity contribution in [1.82, 2.24) is 0 Å². The Bertz CT molecular complexity index is 1010. The maximum absolute atomic E-state index is 11.6. The Labute approximate surface area is 133 Å². The number of hydrogen-bond donors (Lipinski definition) is 0. The van der Waals surface area contributed by atoms with Crippen LogP contribution in [-0.2, 0) is 9.59 Å². The first-order valence-corrected chi connectivity index (χ1v) is 7.57. The lowest BCUT2D eigenvalue weighted by atomic mass is 10.0. The third-order valence-electron chi connectivity index (χ3n) is 4.16. The Hall–Kier alpha value is -3.00. The van der Waals surface area contributed by atoms with Crippen LogP contribution in [0.1, 0.15) is 12.0 Å². The van der Waals surface area contributed by atoms with Gasteiger partial charge < -0.3 is 0 Å². The molecule has 3 aliphatic carbocycles. The van der Waals surface area contributed by atoms with E-state index in [0.717, 1.165) is 39.1 Å². The van der Waals surface area contributed by atoms with Crippen LogP contribution < -0.4 is 10.4 Å². The van der Waals surface area contributed by atoms with Crippen molar-refractivity contribution in [2.45, 2.75) is 6.42 Å². The molecular weight excluding hydrogens is 284 g/mol. The first kappa shape index (κ1) is 13.6. The van der Waals surface area contributed by atoms with Gasteiger partial charge in [0.1, 0.15) is 0 Å². The van der Waals surface area contributed by atoms with Gasteiger partial charge in [0.25, 0.3) is 0 Å². The van der Waals surface area contributed by atoms with E-state index >= 15 is 0 Å². The molecule has 0 aromatic heterocycles. The molecule has 2 nitrogen and oxygen atoms in total. The molecule has 0 atom stereocenters. The van der Waals surface area contributed by atoms with Crippen molar-refractivity contribution in [2.75, 3.05) is 0 Å². The van der Waals surface area contributed by atoms with Crippen LogP contribution in [0.4, 0.5) is 0 Å². The first-order chi connectivity index (χ1) is 11.2. The second-order valence-corrected chi connectivity index (χ2v) is 5.86. The average molecular weight is 298 g/mol. The minimum atomic E-state index is 0.0289. The number of fused-ring (bicyclic) bond motifs is 3. The Morgan fingerprint density at radius 3 is 2.35 bits per heavy atom. The summed E-state index contributed by atoms with van der Waals surface area (Å²) in [5, 5.41) is 2.06. The van der Waals surface area contributed by atoms with Gasteiger partial charge in [-0.3, -0.25) is 9.59 Å². The minimum Gasteiger partial charge on any atom is -0.290 e. The molecule has 2 heteroatoms. The summed E-state index contributed by atoms with van der Waals surface area (Å²) in [6.07, 6.45) is 17.3. The van der Waals surface area contributed by atoms with Crippen molar-refractivity contribution in [3.63, 3.8) is 0 Å². The highest BCUT2D eigenvalue weighted by Crippen LogP contribution is 2.23. The smallest absolute Gasteiger partial charge is 0.179 e. The number of carbonyl (C=O) groups excluding carboxylic acids is 2. The minimum absolute atomic E-state index is 0.0289. The van der Waals surface area contributed by atoms with Gasteiger partial charge in [0, 0.05) is 0 Å². The van der Waals surface area contributed by atoms with E-state index in [2.05, 4.69) is 18.2 Å². The maximum atomic E-state index is 11.6. The predicted octanol–water partition coefficient (Wildman–Crippen LogP) is 2.17. The van der Waals surface area contributed by atoms with Crippen LogP contribution in [0.5, 0.6) is 0 Å². The van der Waals surface area contributed by atoms with Gasteiger partial charge in [0.05, 0.1) is 0 Å². The lowest BCUT2D eigenvalue weighted by Crippen LogP contribution is -2.17. The third-order valence-corrected chi connectivity index (χ3v) is 4.16. The molecule has 0 radical (unpaired) electrons. The molecule has 110 valence electrons. The van der Waals surface area contributed by atoms with E-state index in [4.69, 9.17) is 0 Å². The molecule has 0 heterocycles. The number of carbonyl (C=O) groups is 2. The normalized spacial score (nSPS) is 21.0. The number of ketones is 2. The van der Waals surface area contributed by atoms with Crippen molar-refractivity contribution in [3.05, 3.63) is 87.9 Å². The molecule has 0 spiro atoms. The topological polar surface area (TPSA) is 34.1 Å². The predicted molar refractivity (Wildman–Crippen MR) is 91.7 cm³/mol. The van der Waals surface area contributed by atoms with Gasteiger partial charge in [0.15, 0.2) is 11.6 Å². The standard InChI is InChI=1S/C21H14O2/c22-20-7-2-14-9-15(11-20)1-3-16(10-14)17-4-5-19-13-21(23)8-6-18(19)12-17/h1-8,10-13H,9H2/b17-16+. The van der Waals surface area contributed by atoms with Crippen LogP contribution in [0.3, 0.4) is 0 Å². The molecule has 0 amide bonds. The monoisotopic (exact) mass is 298 g/mol. The van der Waals surface area contributed by atoms with Gasteiger partial charge in [-0.25, -0.2) is 0 Å². The van der Waals surface area contributed by atoms with Gasteiger partial charge in [-0.2, -0.15) is 0 Å². The second kappa shape index (κ2) is 5.33. The summed E-state index contributed by atoms with van der Waals surface area (Å²) in [4.78, 5) is 23.0. The maximum Gasteiger partial charge on any atom is 0.179 e. The molecule has 0 saturated carbocycles. The molecule has 23 heavy (non-hydrogen) atoms. The summed E-state index contributed by atoms with van der Waals surface area (Å²) in [5.41, 5.74) is 4.31.